The van der Waals surface area contributed by atoms with Crippen LogP contribution >= 0.6 is 0 Å². The Kier molecular flexibility index (Phi) is 7.29. The number of carbonyl (C=O) groups excluding carboxylic acids is 1. The van der Waals surface area contributed by atoms with Gasteiger partial charge in [-0.3, -0.25) is 4.98 Å². The van der Waals surface area contributed by atoms with E-state index in [1.165, 1.54) is 0 Å². The van der Waals surface area contributed by atoms with Crippen molar-refractivity contribution in [2.24, 2.45) is 5.92 Å². The molecule has 2 atom stereocenters. The zero-order valence-corrected chi connectivity index (χ0v) is 14.1. The Morgan fingerprint density at radius 1 is 1.52 bits per heavy atom. The number of ether oxygens (including phenoxy) is 1. The quantitative estimate of drug-likeness (QED) is 0.757. The van der Waals surface area contributed by atoms with Gasteiger partial charge in [0.2, 0.25) is 0 Å². The second-order valence-corrected chi connectivity index (χ2v) is 6.06. The molecule has 2 rings (SSSR count). The second-order valence-electron chi connectivity index (χ2n) is 6.06. The number of rotatable bonds is 7. The molecule has 1 aromatic rings. The van der Waals surface area contributed by atoms with E-state index < -0.39 is 0 Å². The molecule has 6 heteroatoms. The van der Waals surface area contributed by atoms with Gasteiger partial charge in [0.1, 0.15) is 0 Å². The van der Waals surface area contributed by atoms with Crippen LogP contribution < -0.4 is 10.6 Å². The molecule has 2 amide bonds. The Labute approximate surface area is 138 Å². The zero-order chi connectivity index (χ0) is 16.5. The van der Waals surface area contributed by atoms with Crippen LogP contribution in [0.1, 0.15) is 26.7 Å². The molecule has 1 aromatic heterocycles. The van der Waals surface area contributed by atoms with Crippen LogP contribution in [0.25, 0.3) is 0 Å². The van der Waals surface area contributed by atoms with Crippen LogP contribution in [0.4, 0.5) is 10.5 Å². The fraction of sp³-hybridized carbons (Fsp3) is 0.647. The maximum Gasteiger partial charge on any atom is 0.319 e. The highest BCUT2D eigenvalue weighted by Crippen LogP contribution is 2.17. The van der Waals surface area contributed by atoms with Crippen LogP contribution in [0.5, 0.6) is 0 Å². The number of likely N-dealkylation sites (tertiary alicyclic amines) is 1. The minimum Gasteiger partial charge on any atom is -0.382 e. The Morgan fingerprint density at radius 3 is 3.09 bits per heavy atom. The van der Waals surface area contributed by atoms with Crippen LogP contribution in [0.3, 0.4) is 0 Å². The van der Waals surface area contributed by atoms with Crippen LogP contribution in [0.2, 0.25) is 0 Å². The van der Waals surface area contributed by atoms with E-state index in [0.717, 1.165) is 45.7 Å². The van der Waals surface area contributed by atoms with E-state index in [4.69, 9.17) is 4.74 Å². The highest BCUT2D eigenvalue weighted by Gasteiger charge is 2.26. The lowest BCUT2D eigenvalue weighted by Crippen LogP contribution is -2.51. The van der Waals surface area contributed by atoms with Crippen LogP contribution in [0, 0.1) is 5.92 Å². The van der Waals surface area contributed by atoms with Gasteiger partial charge in [-0.05, 0) is 37.8 Å². The van der Waals surface area contributed by atoms with Gasteiger partial charge in [-0.2, -0.15) is 0 Å². The predicted octanol–water partition coefficient (Wildman–Crippen LogP) is 2.34. The molecule has 0 aliphatic carbocycles. The summed E-state index contributed by atoms with van der Waals surface area (Å²) in [5, 5.41) is 5.91. The van der Waals surface area contributed by atoms with E-state index in [-0.39, 0.29) is 12.1 Å². The summed E-state index contributed by atoms with van der Waals surface area (Å²) in [4.78, 5) is 18.5. The number of urea groups is 1. The van der Waals surface area contributed by atoms with Crippen molar-refractivity contribution in [2.75, 3.05) is 38.2 Å². The molecule has 0 bridgehead atoms. The maximum atomic E-state index is 12.1. The molecular formula is C17H28N4O2. The minimum atomic E-state index is -0.153. The largest absolute Gasteiger partial charge is 0.382 e. The number of hydrogen-bond acceptors (Lipinski definition) is 4. The maximum absolute atomic E-state index is 12.1. The van der Waals surface area contributed by atoms with Crippen molar-refractivity contribution in [2.45, 2.75) is 32.7 Å². The number of nitrogens with zero attached hydrogens (tertiary/aromatic N) is 2. The number of carbonyl (C=O) groups is 1. The van der Waals surface area contributed by atoms with Gasteiger partial charge in [0.15, 0.2) is 0 Å². The first-order chi connectivity index (χ1) is 11.2. The van der Waals surface area contributed by atoms with Crippen molar-refractivity contribution < 1.29 is 9.53 Å². The van der Waals surface area contributed by atoms with Gasteiger partial charge in [-0.25, -0.2) is 4.79 Å². The summed E-state index contributed by atoms with van der Waals surface area (Å²) in [6.07, 6.45) is 5.38. The molecule has 0 aromatic carbocycles. The third-order valence-electron chi connectivity index (χ3n) is 4.19. The average Bonchev–Trinajstić information content (AvgIpc) is 2.55. The normalized spacial score (nSPS) is 21.8. The lowest BCUT2D eigenvalue weighted by Gasteiger charge is -2.37. The van der Waals surface area contributed by atoms with Crippen molar-refractivity contribution in [1.82, 2.24) is 15.2 Å². The zero-order valence-electron chi connectivity index (χ0n) is 14.1. The number of nitrogens with one attached hydrogen (secondary N) is 2. The highest BCUT2D eigenvalue weighted by molar-refractivity contribution is 5.89. The summed E-state index contributed by atoms with van der Waals surface area (Å²) in [5.41, 5.74) is 0.714. The number of hydrogen-bond donors (Lipinski definition) is 2. The average molecular weight is 320 g/mol. The molecule has 0 unspecified atom stereocenters. The molecular weight excluding hydrogens is 292 g/mol. The molecule has 1 saturated heterocycles. The van der Waals surface area contributed by atoms with Gasteiger partial charge in [0.05, 0.1) is 11.9 Å². The monoisotopic (exact) mass is 320 g/mol. The number of anilines is 1. The highest BCUT2D eigenvalue weighted by atomic mass is 16.5. The predicted molar refractivity (Wildman–Crippen MR) is 91.5 cm³/mol. The molecule has 1 fully saturated rings. The third-order valence-corrected chi connectivity index (χ3v) is 4.19. The molecule has 0 saturated carbocycles. The van der Waals surface area contributed by atoms with Gasteiger partial charge < -0.3 is 20.3 Å². The first kappa shape index (κ1) is 17.7. The second kappa shape index (κ2) is 9.47. The first-order valence-corrected chi connectivity index (χ1v) is 8.46. The summed E-state index contributed by atoms with van der Waals surface area (Å²) in [7, 11) is 0. The molecule has 2 heterocycles. The molecule has 1 aliphatic rings. The van der Waals surface area contributed by atoms with Crippen molar-refractivity contribution in [1.29, 1.82) is 0 Å². The van der Waals surface area contributed by atoms with E-state index in [0.29, 0.717) is 11.6 Å². The number of amides is 2. The Hall–Kier alpha value is -1.66. The van der Waals surface area contributed by atoms with Gasteiger partial charge in [-0.1, -0.05) is 6.92 Å². The fourth-order valence-corrected chi connectivity index (χ4v) is 2.96. The summed E-state index contributed by atoms with van der Waals surface area (Å²) < 4.78 is 5.38. The molecule has 6 nitrogen and oxygen atoms in total. The first-order valence-electron chi connectivity index (χ1n) is 8.46. The molecule has 2 N–H and O–H groups in total. The Morgan fingerprint density at radius 2 is 2.39 bits per heavy atom. The van der Waals surface area contributed by atoms with Crippen molar-refractivity contribution >= 4 is 11.7 Å². The lowest BCUT2D eigenvalue weighted by atomic mass is 9.94. The van der Waals surface area contributed by atoms with Crippen molar-refractivity contribution in [3.63, 3.8) is 0 Å². The molecule has 128 valence electrons. The fourth-order valence-electron chi connectivity index (χ4n) is 2.96. The lowest BCUT2D eigenvalue weighted by molar-refractivity contribution is 0.111. The molecule has 23 heavy (non-hydrogen) atoms. The summed E-state index contributed by atoms with van der Waals surface area (Å²) >= 11 is 0. The Bertz CT molecular complexity index is 469. The van der Waals surface area contributed by atoms with Crippen LogP contribution in [0.15, 0.2) is 24.5 Å². The summed E-state index contributed by atoms with van der Waals surface area (Å²) in [6.45, 7) is 8.95. The van der Waals surface area contributed by atoms with Gasteiger partial charge in [0.25, 0.3) is 0 Å². The minimum absolute atomic E-state index is 0.153. The van der Waals surface area contributed by atoms with Crippen LogP contribution in [-0.2, 0) is 4.74 Å². The van der Waals surface area contributed by atoms with Crippen molar-refractivity contribution in [3.05, 3.63) is 24.5 Å². The van der Waals surface area contributed by atoms with E-state index in [2.05, 4.69) is 27.4 Å². The van der Waals surface area contributed by atoms with Crippen LogP contribution in [-0.4, -0.2) is 54.8 Å². The Balaban J connectivity index is 1.70. The van der Waals surface area contributed by atoms with Crippen molar-refractivity contribution in [3.8, 4) is 0 Å². The third kappa shape index (κ3) is 6.15. The molecule has 0 spiro atoms. The SMILES string of the molecule is CCOCCCN1CC[C@@H](NC(=O)Nc2cccnc2)[C@H](C)C1. The van der Waals surface area contributed by atoms with Gasteiger partial charge in [0, 0.05) is 45.1 Å². The molecule has 0 radical (unpaired) electrons. The summed E-state index contributed by atoms with van der Waals surface area (Å²) in [6, 6.07) is 3.70. The number of pyridine rings is 1. The van der Waals surface area contributed by atoms with Gasteiger partial charge >= 0.3 is 6.03 Å². The number of aromatic nitrogens is 1. The molecule has 1 aliphatic heterocycles. The van der Waals surface area contributed by atoms with E-state index >= 15 is 0 Å². The smallest absolute Gasteiger partial charge is 0.319 e. The number of piperidine rings is 1. The van der Waals surface area contributed by atoms with E-state index in [1.807, 2.05) is 13.0 Å². The standard InChI is InChI=1S/C17H28N4O2/c1-3-23-11-5-9-21-10-7-16(14(2)13-21)20-17(22)19-15-6-4-8-18-12-15/h4,6,8,12,14,16H,3,5,7,9-11,13H2,1-2H3,(H2,19,20,22)/t14-,16-/m1/s1. The van der Waals surface area contributed by atoms with E-state index in [9.17, 15) is 4.79 Å². The van der Waals surface area contributed by atoms with Gasteiger partial charge in [-0.15, -0.1) is 0 Å². The van der Waals surface area contributed by atoms with E-state index in [1.54, 1.807) is 18.5 Å². The topological polar surface area (TPSA) is 66.5 Å². The summed E-state index contributed by atoms with van der Waals surface area (Å²) in [5.74, 6) is 0.440.